The number of halogens is 2. The van der Waals surface area contributed by atoms with Gasteiger partial charge in [0.25, 0.3) is 0 Å². The van der Waals surface area contributed by atoms with Gasteiger partial charge in [-0.1, -0.05) is 5.16 Å². The van der Waals surface area contributed by atoms with Crippen LogP contribution in [0.1, 0.15) is 5.89 Å². The maximum absolute atomic E-state index is 13.6. The molecule has 0 aliphatic carbocycles. The molecule has 2 aromatic rings. The Balaban J connectivity index is 2.60. The molecule has 0 unspecified atom stereocenters. The molecule has 1 heterocycles. The van der Waals surface area contributed by atoms with Crippen molar-refractivity contribution in [2.24, 2.45) is 5.73 Å². The first-order chi connectivity index (χ1) is 8.17. The maximum atomic E-state index is 13.6. The fraction of sp³-hybridized carbons (Fsp3) is 0.200. The van der Waals surface area contributed by atoms with E-state index in [1.165, 1.54) is 7.11 Å². The fourth-order valence-corrected chi connectivity index (χ4v) is 1.38. The molecular formula is C10H9F2N3O2. The van der Waals surface area contributed by atoms with Crippen LogP contribution in [0.25, 0.3) is 11.4 Å². The molecule has 17 heavy (non-hydrogen) atoms. The van der Waals surface area contributed by atoms with Gasteiger partial charge in [0.15, 0.2) is 11.6 Å². The van der Waals surface area contributed by atoms with E-state index in [-0.39, 0.29) is 29.6 Å². The molecule has 0 saturated heterocycles. The van der Waals surface area contributed by atoms with Crippen LogP contribution in [-0.2, 0) is 6.54 Å². The number of hydrogen-bond acceptors (Lipinski definition) is 5. The molecule has 1 aromatic heterocycles. The topological polar surface area (TPSA) is 74.2 Å². The first kappa shape index (κ1) is 11.5. The second-order valence-electron chi connectivity index (χ2n) is 3.15. The van der Waals surface area contributed by atoms with Gasteiger partial charge in [-0.15, -0.1) is 0 Å². The molecule has 5 nitrogen and oxygen atoms in total. The third kappa shape index (κ3) is 1.96. The van der Waals surface area contributed by atoms with Crippen molar-refractivity contribution in [3.05, 3.63) is 29.7 Å². The van der Waals surface area contributed by atoms with Gasteiger partial charge in [-0.05, 0) is 12.1 Å². The van der Waals surface area contributed by atoms with E-state index in [0.29, 0.717) is 0 Å². The number of aromatic nitrogens is 2. The van der Waals surface area contributed by atoms with Crippen LogP contribution < -0.4 is 10.5 Å². The summed E-state index contributed by atoms with van der Waals surface area (Å²) >= 11 is 0. The van der Waals surface area contributed by atoms with Crippen LogP contribution in [0.2, 0.25) is 0 Å². The molecule has 0 aliphatic heterocycles. The van der Waals surface area contributed by atoms with Crippen molar-refractivity contribution >= 4 is 0 Å². The normalized spacial score (nSPS) is 10.6. The minimum Gasteiger partial charge on any atom is -0.493 e. The van der Waals surface area contributed by atoms with E-state index in [0.717, 1.165) is 12.1 Å². The number of rotatable bonds is 3. The van der Waals surface area contributed by atoms with Gasteiger partial charge in [-0.2, -0.15) is 4.98 Å². The summed E-state index contributed by atoms with van der Waals surface area (Å²) in [4.78, 5) is 3.82. The lowest BCUT2D eigenvalue weighted by Crippen LogP contribution is -1.98. The molecular weight excluding hydrogens is 232 g/mol. The van der Waals surface area contributed by atoms with E-state index in [4.69, 9.17) is 15.0 Å². The molecule has 0 fully saturated rings. The molecule has 0 saturated carbocycles. The van der Waals surface area contributed by atoms with Gasteiger partial charge in [0.2, 0.25) is 11.7 Å². The van der Waals surface area contributed by atoms with Crippen molar-refractivity contribution in [2.75, 3.05) is 7.11 Å². The Kier molecular flexibility index (Phi) is 3.01. The van der Waals surface area contributed by atoms with Gasteiger partial charge in [-0.3, -0.25) is 0 Å². The largest absolute Gasteiger partial charge is 0.493 e. The fourth-order valence-electron chi connectivity index (χ4n) is 1.38. The molecule has 2 N–H and O–H groups in total. The zero-order valence-electron chi connectivity index (χ0n) is 8.91. The average molecular weight is 241 g/mol. The first-order valence-electron chi connectivity index (χ1n) is 4.72. The smallest absolute Gasteiger partial charge is 0.240 e. The highest BCUT2D eigenvalue weighted by Gasteiger charge is 2.20. The number of ether oxygens (including phenoxy) is 1. The molecule has 2 rings (SSSR count). The van der Waals surface area contributed by atoms with Gasteiger partial charge in [-0.25, -0.2) is 8.78 Å². The Hall–Kier alpha value is -2.02. The minimum absolute atomic E-state index is 0.0201. The van der Waals surface area contributed by atoms with Gasteiger partial charge in [0, 0.05) is 0 Å². The summed E-state index contributed by atoms with van der Waals surface area (Å²) in [6.45, 7) is 0.0201. The summed E-state index contributed by atoms with van der Waals surface area (Å²) in [5.74, 6) is -1.64. The summed E-state index contributed by atoms with van der Waals surface area (Å²) in [6.07, 6.45) is 0. The second kappa shape index (κ2) is 4.46. The Bertz CT molecular complexity index is 542. The third-order valence-corrected chi connectivity index (χ3v) is 2.13. The lowest BCUT2D eigenvalue weighted by molar-refractivity contribution is 0.375. The van der Waals surface area contributed by atoms with E-state index >= 15 is 0 Å². The van der Waals surface area contributed by atoms with Crippen molar-refractivity contribution in [1.82, 2.24) is 10.1 Å². The van der Waals surface area contributed by atoms with Gasteiger partial charge >= 0.3 is 0 Å². The van der Waals surface area contributed by atoms with Crippen LogP contribution in [0.4, 0.5) is 8.78 Å². The van der Waals surface area contributed by atoms with Crippen molar-refractivity contribution in [3.8, 4) is 17.1 Å². The van der Waals surface area contributed by atoms with Crippen LogP contribution in [0.5, 0.6) is 5.75 Å². The zero-order valence-corrected chi connectivity index (χ0v) is 8.91. The molecule has 0 radical (unpaired) electrons. The molecule has 90 valence electrons. The lowest BCUT2D eigenvalue weighted by Gasteiger charge is -2.06. The van der Waals surface area contributed by atoms with Crippen molar-refractivity contribution in [1.29, 1.82) is 0 Å². The van der Waals surface area contributed by atoms with Crippen LogP contribution in [0.15, 0.2) is 16.7 Å². The van der Waals surface area contributed by atoms with E-state index in [9.17, 15) is 8.78 Å². The van der Waals surface area contributed by atoms with E-state index < -0.39 is 11.6 Å². The third-order valence-electron chi connectivity index (χ3n) is 2.13. The van der Waals surface area contributed by atoms with Crippen molar-refractivity contribution < 1.29 is 18.0 Å². The summed E-state index contributed by atoms with van der Waals surface area (Å²) in [5.41, 5.74) is 5.10. The first-order valence-corrected chi connectivity index (χ1v) is 4.72. The highest BCUT2D eigenvalue weighted by molar-refractivity contribution is 5.64. The maximum Gasteiger partial charge on any atom is 0.240 e. The molecule has 0 atom stereocenters. The molecule has 7 heteroatoms. The van der Waals surface area contributed by atoms with E-state index in [1.807, 2.05) is 0 Å². The molecule has 1 aromatic carbocycles. The van der Waals surface area contributed by atoms with Crippen LogP contribution in [0.3, 0.4) is 0 Å². The number of benzene rings is 1. The number of hydrogen-bond donors (Lipinski definition) is 1. The summed E-state index contributed by atoms with van der Waals surface area (Å²) in [5, 5.41) is 3.52. The molecule has 0 aliphatic rings. The highest BCUT2D eigenvalue weighted by Crippen LogP contribution is 2.32. The van der Waals surface area contributed by atoms with E-state index in [2.05, 4.69) is 10.1 Å². The zero-order chi connectivity index (χ0) is 12.4. The molecule has 0 spiro atoms. The quantitative estimate of drug-likeness (QED) is 0.881. The SMILES string of the molecule is COc1c(F)ccc(F)c1-c1noc(CN)n1. The van der Waals surface area contributed by atoms with Crippen LogP contribution in [-0.4, -0.2) is 17.3 Å². The molecule has 0 amide bonds. The monoisotopic (exact) mass is 241 g/mol. The van der Waals surface area contributed by atoms with Gasteiger partial charge in [0.1, 0.15) is 11.4 Å². The Morgan fingerprint density at radius 1 is 1.35 bits per heavy atom. The minimum atomic E-state index is -0.706. The van der Waals surface area contributed by atoms with Gasteiger partial charge in [0.05, 0.1) is 13.7 Å². The standard InChI is InChI=1S/C10H9F2N3O2/c1-16-9-6(12)3-2-5(11)8(9)10-14-7(4-13)17-15-10/h2-3H,4,13H2,1H3. The number of nitrogens with zero attached hydrogens (tertiary/aromatic N) is 2. The van der Waals surface area contributed by atoms with Crippen LogP contribution >= 0.6 is 0 Å². The predicted molar refractivity (Wildman–Crippen MR) is 54.1 cm³/mol. The summed E-state index contributed by atoms with van der Waals surface area (Å²) in [6, 6.07) is 1.92. The van der Waals surface area contributed by atoms with Crippen LogP contribution in [0, 0.1) is 11.6 Å². The van der Waals surface area contributed by atoms with Gasteiger partial charge < -0.3 is 15.0 Å². The summed E-state index contributed by atoms with van der Waals surface area (Å²) in [7, 11) is 1.23. The second-order valence-corrected chi connectivity index (χ2v) is 3.15. The highest BCUT2D eigenvalue weighted by atomic mass is 19.1. The Labute approximate surface area is 95.2 Å². The van der Waals surface area contributed by atoms with E-state index in [1.54, 1.807) is 0 Å². The number of methoxy groups -OCH3 is 1. The lowest BCUT2D eigenvalue weighted by atomic mass is 10.1. The summed E-state index contributed by atoms with van der Waals surface area (Å²) < 4.78 is 36.5. The predicted octanol–water partition coefficient (Wildman–Crippen LogP) is 1.48. The van der Waals surface area contributed by atoms with Crippen molar-refractivity contribution in [3.63, 3.8) is 0 Å². The molecule has 0 bridgehead atoms. The number of nitrogens with two attached hydrogens (primary N) is 1. The Morgan fingerprint density at radius 3 is 2.65 bits per heavy atom. The Morgan fingerprint density at radius 2 is 2.06 bits per heavy atom. The average Bonchev–Trinajstić information content (AvgIpc) is 2.80. The van der Waals surface area contributed by atoms with Crippen molar-refractivity contribution in [2.45, 2.75) is 6.54 Å².